The molecule has 1 heterocycles. The molecule has 0 radical (unpaired) electrons. The molecule has 114 valence electrons. The number of nitrogens with zero attached hydrogens (tertiary/aromatic N) is 2. The maximum atomic E-state index is 12.6. The van der Waals surface area contributed by atoms with Gasteiger partial charge in [-0.25, -0.2) is 9.59 Å². The van der Waals surface area contributed by atoms with Gasteiger partial charge in [-0.1, -0.05) is 12.1 Å². The number of carbonyl (C=O) groups excluding carboxylic acids is 1. The fourth-order valence-electron chi connectivity index (χ4n) is 2.68. The van der Waals surface area contributed by atoms with Crippen molar-refractivity contribution >= 4 is 17.7 Å². The lowest BCUT2D eigenvalue weighted by molar-refractivity contribution is 0.0697. The normalized spacial score (nSPS) is 18.4. The van der Waals surface area contributed by atoms with Gasteiger partial charge in [0.15, 0.2) is 0 Å². The molecule has 0 bridgehead atoms. The molecule has 21 heavy (non-hydrogen) atoms. The Bertz CT molecular complexity index is 532. The van der Waals surface area contributed by atoms with Gasteiger partial charge in [-0.15, -0.1) is 0 Å². The summed E-state index contributed by atoms with van der Waals surface area (Å²) in [6.07, 6.45) is 2.66. The summed E-state index contributed by atoms with van der Waals surface area (Å²) in [5.41, 5.74) is 0.447. The number of para-hydroxylation sites is 1. The van der Waals surface area contributed by atoms with Crippen molar-refractivity contribution in [3.05, 3.63) is 29.8 Å². The van der Waals surface area contributed by atoms with E-state index in [0.717, 1.165) is 19.3 Å². The van der Waals surface area contributed by atoms with Gasteiger partial charge in [0.05, 0.1) is 23.9 Å². The van der Waals surface area contributed by atoms with Gasteiger partial charge in [0.2, 0.25) is 0 Å². The molecule has 1 saturated heterocycles. The molecule has 0 spiro atoms. The highest BCUT2D eigenvalue weighted by molar-refractivity contribution is 6.01. The largest absolute Gasteiger partial charge is 0.478 e. The van der Waals surface area contributed by atoms with E-state index in [1.807, 2.05) is 0 Å². The highest BCUT2D eigenvalue weighted by atomic mass is 16.4. The number of urea groups is 1. The number of hydrogen-bond donors (Lipinski definition) is 2. The number of amides is 2. The Morgan fingerprint density at radius 3 is 2.71 bits per heavy atom. The number of piperidine rings is 1. The topological polar surface area (TPSA) is 81.1 Å². The van der Waals surface area contributed by atoms with Crippen molar-refractivity contribution in [1.82, 2.24) is 4.90 Å². The summed E-state index contributed by atoms with van der Waals surface area (Å²) in [6.45, 7) is 0.518. The van der Waals surface area contributed by atoms with E-state index in [-0.39, 0.29) is 24.2 Å². The fourth-order valence-corrected chi connectivity index (χ4v) is 2.68. The van der Waals surface area contributed by atoms with Crippen LogP contribution in [0.3, 0.4) is 0 Å². The van der Waals surface area contributed by atoms with Crippen molar-refractivity contribution in [2.24, 2.45) is 0 Å². The molecule has 0 saturated carbocycles. The van der Waals surface area contributed by atoms with E-state index in [9.17, 15) is 19.8 Å². The number of likely N-dealkylation sites (tertiary alicyclic amines) is 1. The zero-order valence-electron chi connectivity index (χ0n) is 12.0. The number of benzene rings is 1. The van der Waals surface area contributed by atoms with Gasteiger partial charge in [-0.2, -0.15) is 0 Å². The summed E-state index contributed by atoms with van der Waals surface area (Å²) in [4.78, 5) is 26.8. The quantitative estimate of drug-likeness (QED) is 0.890. The Balaban J connectivity index is 2.25. The van der Waals surface area contributed by atoms with E-state index < -0.39 is 5.97 Å². The summed E-state index contributed by atoms with van der Waals surface area (Å²) in [6, 6.07) is 5.95. The Morgan fingerprint density at radius 1 is 1.33 bits per heavy atom. The van der Waals surface area contributed by atoms with Gasteiger partial charge >= 0.3 is 12.0 Å². The van der Waals surface area contributed by atoms with Crippen LogP contribution in [0.4, 0.5) is 10.5 Å². The van der Waals surface area contributed by atoms with Gasteiger partial charge in [0, 0.05) is 13.6 Å². The lowest BCUT2D eigenvalue weighted by atomic mass is 10.0. The maximum Gasteiger partial charge on any atom is 0.337 e. The second-order valence-corrected chi connectivity index (χ2v) is 5.19. The van der Waals surface area contributed by atoms with Gasteiger partial charge in [0.25, 0.3) is 0 Å². The van der Waals surface area contributed by atoms with Crippen molar-refractivity contribution in [3.8, 4) is 0 Å². The highest BCUT2D eigenvalue weighted by Crippen LogP contribution is 2.23. The Kier molecular flexibility index (Phi) is 4.80. The summed E-state index contributed by atoms with van der Waals surface area (Å²) < 4.78 is 0. The minimum Gasteiger partial charge on any atom is -0.478 e. The highest BCUT2D eigenvalue weighted by Gasteiger charge is 2.29. The molecule has 6 heteroatoms. The molecule has 0 aromatic heterocycles. The van der Waals surface area contributed by atoms with Crippen LogP contribution in [0.5, 0.6) is 0 Å². The maximum absolute atomic E-state index is 12.6. The molecule has 6 nitrogen and oxygen atoms in total. The van der Waals surface area contributed by atoms with E-state index >= 15 is 0 Å². The van der Waals surface area contributed by atoms with Crippen LogP contribution in [0.15, 0.2) is 24.3 Å². The molecule has 2 amide bonds. The molecular weight excluding hydrogens is 272 g/mol. The summed E-state index contributed by atoms with van der Waals surface area (Å²) >= 11 is 0. The van der Waals surface area contributed by atoms with Crippen LogP contribution in [0.25, 0.3) is 0 Å². The smallest absolute Gasteiger partial charge is 0.337 e. The number of anilines is 1. The molecule has 1 atom stereocenters. The van der Waals surface area contributed by atoms with Crippen molar-refractivity contribution < 1.29 is 19.8 Å². The van der Waals surface area contributed by atoms with Gasteiger partial charge in [0.1, 0.15) is 0 Å². The van der Waals surface area contributed by atoms with Crippen LogP contribution in [-0.2, 0) is 0 Å². The average molecular weight is 292 g/mol. The average Bonchev–Trinajstić information content (AvgIpc) is 2.53. The summed E-state index contributed by atoms with van der Waals surface area (Å²) in [5.74, 6) is -1.07. The van der Waals surface area contributed by atoms with E-state index in [1.54, 1.807) is 30.1 Å². The van der Waals surface area contributed by atoms with Crippen LogP contribution in [-0.4, -0.2) is 53.4 Å². The third-order valence-electron chi connectivity index (χ3n) is 3.87. The number of carboxylic acid groups (broad SMARTS) is 1. The zero-order valence-corrected chi connectivity index (χ0v) is 12.0. The Labute approximate surface area is 123 Å². The third kappa shape index (κ3) is 3.16. The molecule has 1 aromatic carbocycles. The molecule has 1 aliphatic rings. The molecule has 1 fully saturated rings. The molecule has 2 N–H and O–H groups in total. The predicted molar refractivity (Wildman–Crippen MR) is 78.6 cm³/mol. The Hall–Kier alpha value is -2.08. The number of hydrogen-bond acceptors (Lipinski definition) is 3. The molecule has 2 rings (SSSR count). The number of aliphatic hydroxyl groups is 1. The van der Waals surface area contributed by atoms with Crippen molar-refractivity contribution in [1.29, 1.82) is 0 Å². The van der Waals surface area contributed by atoms with Crippen molar-refractivity contribution in [3.63, 3.8) is 0 Å². The minimum absolute atomic E-state index is 0.0693. The number of aliphatic hydroxyl groups excluding tert-OH is 1. The number of carbonyl (C=O) groups is 2. The van der Waals surface area contributed by atoms with Crippen LogP contribution in [0.1, 0.15) is 29.6 Å². The lowest BCUT2D eigenvalue weighted by Gasteiger charge is -2.37. The van der Waals surface area contributed by atoms with Crippen LogP contribution >= 0.6 is 0 Å². The van der Waals surface area contributed by atoms with Crippen LogP contribution in [0, 0.1) is 0 Å². The predicted octanol–water partition coefficient (Wildman–Crippen LogP) is 1.79. The van der Waals surface area contributed by atoms with Gasteiger partial charge < -0.3 is 15.1 Å². The SMILES string of the molecule is CN(C(=O)N1CCCCC1CO)c1ccccc1C(=O)O. The van der Waals surface area contributed by atoms with Gasteiger partial charge in [-0.05, 0) is 31.4 Å². The second-order valence-electron chi connectivity index (χ2n) is 5.19. The van der Waals surface area contributed by atoms with Crippen molar-refractivity contribution in [2.45, 2.75) is 25.3 Å². The van der Waals surface area contributed by atoms with E-state index in [0.29, 0.717) is 12.2 Å². The van der Waals surface area contributed by atoms with E-state index in [4.69, 9.17) is 0 Å². The first kappa shape index (κ1) is 15.3. The molecule has 0 aliphatic carbocycles. The molecular formula is C15H20N2O4. The molecule has 1 aromatic rings. The first-order valence-corrected chi connectivity index (χ1v) is 7.03. The third-order valence-corrected chi connectivity index (χ3v) is 3.87. The first-order chi connectivity index (χ1) is 10.1. The summed E-state index contributed by atoms with van der Waals surface area (Å²) in [7, 11) is 1.56. The summed E-state index contributed by atoms with van der Waals surface area (Å²) in [5, 5.41) is 18.6. The van der Waals surface area contributed by atoms with E-state index in [1.165, 1.54) is 11.0 Å². The number of aromatic carboxylic acids is 1. The standard InChI is InChI=1S/C15H20N2O4/c1-16(13-8-3-2-7-12(13)14(19)20)15(21)17-9-5-4-6-11(17)10-18/h2-3,7-8,11,18H,4-6,9-10H2,1H3,(H,19,20). The second kappa shape index (κ2) is 6.58. The number of rotatable bonds is 3. The Morgan fingerprint density at radius 2 is 2.05 bits per heavy atom. The number of carboxylic acids is 1. The first-order valence-electron chi connectivity index (χ1n) is 7.03. The van der Waals surface area contributed by atoms with E-state index in [2.05, 4.69) is 0 Å². The monoisotopic (exact) mass is 292 g/mol. The van der Waals surface area contributed by atoms with Crippen LogP contribution < -0.4 is 4.90 Å². The van der Waals surface area contributed by atoms with Gasteiger partial charge in [-0.3, -0.25) is 4.90 Å². The van der Waals surface area contributed by atoms with Crippen molar-refractivity contribution in [2.75, 3.05) is 25.1 Å². The minimum atomic E-state index is -1.07. The molecule has 1 aliphatic heterocycles. The zero-order chi connectivity index (χ0) is 15.4. The van der Waals surface area contributed by atoms with Crippen LogP contribution in [0.2, 0.25) is 0 Å². The molecule has 1 unspecified atom stereocenters. The lowest BCUT2D eigenvalue weighted by Crippen LogP contribution is -2.51. The fraction of sp³-hybridized carbons (Fsp3) is 0.467.